The van der Waals surface area contributed by atoms with E-state index < -0.39 is 5.91 Å². The summed E-state index contributed by atoms with van der Waals surface area (Å²) >= 11 is 3.35. The Morgan fingerprint density at radius 3 is 3.14 bits per heavy atom. The Labute approximate surface area is 88.1 Å². The number of halogens is 1. The lowest BCUT2D eigenvalue weighted by molar-refractivity contribution is -0.117. The fourth-order valence-corrected chi connectivity index (χ4v) is 1.54. The number of amides is 1. The first kappa shape index (κ1) is 9.14. The first-order valence-electron chi connectivity index (χ1n) is 3.94. The van der Waals surface area contributed by atoms with Crippen LogP contribution in [0.25, 0.3) is 5.52 Å². The standard InChI is InChI=1S/C8H7BrN4O/c9-5-1-2-13-6(5)4-11-8(12-13)3-7(10)14/h1-2,4H,3H2,(H2,10,14). The number of aromatic nitrogens is 3. The zero-order chi connectivity index (χ0) is 10.1. The summed E-state index contributed by atoms with van der Waals surface area (Å²) in [6.45, 7) is 0. The number of fused-ring (bicyclic) bond motifs is 1. The summed E-state index contributed by atoms with van der Waals surface area (Å²) in [7, 11) is 0. The van der Waals surface area contributed by atoms with Crippen molar-refractivity contribution in [2.24, 2.45) is 5.73 Å². The van der Waals surface area contributed by atoms with Crippen molar-refractivity contribution >= 4 is 27.4 Å². The van der Waals surface area contributed by atoms with Crippen LogP contribution in [0.3, 0.4) is 0 Å². The fraction of sp³-hybridized carbons (Fsp3) is 0.125. The van der Waals surface area contributed by atoms with Crippen LogP contribution in [0.5, 0.6) is 0 Å². The van der Waals surface area contributed by atoms with Crippen molar-refractivity contribution in [2.45, 2.75) is 6.42 Å². The van der Waals surface area contributed by atoms with Crippen LogP contribution in [0.2, 0.25) is 0 Å². The molecule has 2 N–H and O–H groups in total. The van der Waals surface area contributed by atoms with Gasteiger partial charge < -0.3 is 5.73 Å². The van der Waals surface area contributed by atoms with Gasteiger partial charge in [0.25, 0.3) is 0 Å². The summed E-state index contributed by atoms with van der Waals surface area (Å²) < 4.78 is 2.57. The van der Waals surface area contributed by atoms with Crippen LogP contribution in [0.15, 0.2) is 22.9 Å². The summed E-state index contributed by atoms with van der Waals surface area (Å²) in [5.74, 6) is -0.0105. The Bertz CT molecular complexity index is 493. The molecule has 0 unspecified atom stereocenters. The average Bonchev–Trinajstić information content (AvgIpc) is 2.46. The van der Waals surface area contributed by atoms with Gasteiger partial charge in [-0.1, -0.05) is 0 Å². The minimum absolute atomic E-state index is 0.0612. The molecule has 2 heterocycles. The average molecular weight is 255 g/mol. The van der Waals surface area contributed by atoms with E-state index in [2.05, 4.69) is 26.0 Å². The number of nitrogens with zero attached hydrogens (tertiary/aromatic N) is 3. The molecule has 14 heavy (non-hydrogen) atoms. The van der Waals surface area contributed by atoms with E-state index in [9.17, 15) is 4.79 Å². The SMILES string of the molecule is NC(=O)Cc1ncc2c(Br)ccn2n1. The van der Waals surface area contributed by atoms with Crippen LogP contribution in [-0.2, 0) is 11.2 Å². The molecule has 0 bridgehead atoms. The summed E-state index contributed by atoms with van der Waals surface area (Å²) in [5.41, 5.74) is 5.90. The first-order valence-corrected chi connectivity index (χ1v) is 4.73. The lowest BCUT2D eigenvalue weighted by atomic mass is 10.4. The number of primary amides is 1. The number of carbonyl (C=O) groups is 1. The molecule has 0 aliphatic rings. The Hall–Kier alpha value is -1.43. The predicted molar refractivity (Wildman–Crippen MR) is 53.6 cm³/mol. The second-order valence-electron chi connectivity index (χ2n) is 2.81. The molecule has 72 valence electrons. The molecule has 0 spiro atoms. The molecule has 0 saturated carbocycles. The Morgan fingerprint density at radius 2 is 2.43 bits per heavy atom. The highest BCUT2D eigenvalue weighted by Gasteiger charge is 2.05. The van der Waals surface area contributed by atoms with E-state index in [4.69, 9.17) is 5.73 Å². The molecule has 0 aromatic carbocycles. The van der Waals surface area contributed by atoms with E-state index in [1.54, 1.807) is 16.9 Å². The normalized spacial score (nSPS) is 10.6. The Balaban J connectivity index is 2.46. The maximum Gasteiger partial charge on any atom is 0.225 e. The first-order chi connectivity index (χ1) is 6.66. The molecule has 5 nitrogen and oxygen atoms in total. The van der Waals surface area contributed by atoms with E-state index >= 15 is 0 Å². The number of hydrogen-bond donors (Lipinski definition) is 1. The van der Waals surface area contributed by atoms with Gasteiger partial charge >= 0.3 is 0 Å². The van der Waals surface area contributed by atoms with Crippen LogP contribution in [0.1, 0.15) is 5.82 Å². The number of carbonyl (C=O) groups excluding carboxylic acids is 1. The molecule has 0 atom stereocenters. The van der Waals surface area contributed by atoms with E-state index in [0.717, 1.165) is 9.99 Å². The third-order valence-electron chi connectivity index (χ3n) is 1.74. The predicted octanol–water partition coefficient (Wildman–Crippen LogP) is 0.520. The van der Waals surface area contributed by atoms with Crippen LogP contribution in [0.4, 0.5) is 0 Å². The van der Waals surface area contributed by atoms with Crippen molar-refractivity contribution in [3.05, 3.63) is 28.8 Å². The van der Waals surface area contributed by atoms with Crippen molar-refractivity contribution < 1.29 is 4.79 Å². The topological polar surface area (TPSA) is 73.3 Å². The summed E-state index contributed by atoms with van der Waals surface area (Å²) in [6.07, 6.45) is 3.49. The van der Waals surface area contributed by atoms with Gasteiger partial charge in [-0.25, -0.2) is 9.50 Å². The van der Waals surface area contributed by atoms with Gasteiger partial charge in [-0.2, -0.15) is 5.10 Å². The zero-order valence-corrected chi connectivity index (χ0v) is 8.73. The lowest BCUT2D eigenvalue weighted by Crippen LogP contribution is -2.16. The highest BCUT2D eigenvalue weighted by Crippen LogP contribution is 2.16. The maximum absolute atomic E-state index is 10.6. The highest BCUT2D eigenvalue weighted by molar-refractivity contribution is 9.10. The monoisotopic (exact) mass is 254 g/mol. The largest absolute Gasteiger partial charge is 0.369 e. The van der Waals surface area contributed by atoms with Gasteiger partial charge in [0, 0.05) is 10.7 Å². The Kier molecular flexibility index (Phi) is 2.20. The molecule has 0 aliphatic carbocycles. The van der Waals surface area contributed by atoms with Crippen LogP contribution < -0.4 is 5.73 Å². The number of nitrogens with two attached hydrogens (primary N) is 1. The molecule has 0 fully saturated rings. The molecule has 2 rings (SSSR count). The summed E-state index contributed by atoms with van der Waals surface area (Å²) in [5, 5.41) is 4.11. The molecule has 0 radical (unpaired) electrons. The molecule has 0 aliphatic heterocycles. The van der Waals surface area contributed by atoms with Crippen molar-refractivity contribution in [1.82, 2.24) is 14.6 Å². The third-order valence-corrected chi connectivity index (χ3v) is 2.42. The van der Waals surface area contributed by atoms with Crippen LogP contribution in [-0.4, -0.2) is 20.5 Å². The van der Waals surface area contributed by atoms with Crippen molar-refractivity contribution in [3.8, 4) is 0 Å². The van der Waals surface area contributed by atoms with Gasteiger partial charge in [0.15, 0.2) is 5.82 Å². The molecule has 6 heteroatoms. The minimum Gasteiger partial charge on any atom is -0.369 e. The van der Waals surface area contributed by atoms with E-state index in [0.29, 0.717) is 5.82 Å². The van der Waals surface area contributed by atoms with Gasteiger partial charge in [0.2, 0.25) is 5.91 Å². The Morgan fingerprint density at radius 1 is 1.64 bits per heavy atom. The van der Waals surface area contributed by atoms with Gasteiger partial charge in [0.1, 0.15) is 0 Å². The lowest BCUT2D eigenvalue weighted by Gasteiger charge is -1.97. The smallest absolute Gasteiger partial charge is 0.225 e. The molecule has 0 saturated heterocycles. The van der Waals surface area contributed by atoms with Crippen molar-refractivity contribution in [1.29, 1.82) is 0 Å². The molecule has 2 aromatic rings. The van der Waals surface area contributed by atoms with Crippen LogP contribution >= 0.6 is 15.9 Å². The quantitative estimate of drug-likeness (QED) is 0.850. The van der Waals surface area contributed by atoms with Crippen molar-refractivity contribution in [2.75, 3.05) is 0 Å². The molecular weight excluding hydrogens is 248 g/mol. The minimum atomic E-state index is -0.435. The van der Waals surface area contributed by atoms with E-state index in [1.807, 2.05) is 6.07 Å². The van der Waals surface area contributed by atoms with Gasteiger partial charge in [-0.05, 0) is 22.0 Å². The maximum atomic E-state index is 10.6. The number of hydrogen-bond acceptors (Lipinski definition) is 3. The van der Waals surface area contributed by atoms with Gasteiger partial charge in [-0.15, -0.1) is 0 Å². The zero-order valence-electron chi connectivity index (χ0n) is 7.14. The van der Waals surface area contributed by atoms with Crippen LogP contribution in [0, 0.1) is 0 Å². The summed E-state index contributed by atoms with van der Waals surface area (Å²) in [6, 6.07) is 1.86. The second kappa shape index (κ2) is 3.38. The molecular formula is C8H7BrN4O. The second-order valence-corrected chi connectivity index (χ2v) is 3.67. The van der Waals surface area contributed by atoms with Gasteiger partial charge in [0.05, 0.1) is 18.1 Å². The number of rotatable bonds is 2. The highest BCUT2D eigenvalue weighted by atomic mass is 79.9. The molecule has 1 amide bonds. The van der Waals surface area contributed by atoms with E-state index in [-0.39, 0.29) is 6.42 Å². The summed E-state index contributed by atoms with van der Waals surface area (Å²) in [4.78, 5) is 14.7. The van der Waals surface area contributed by atoms with Gasteiger partial charge in [-0.3, -0.25) is 4.79 Å². The molecule has 2 aromatic heterocycles. The fourth-order valence-electron chi connectivity index (χ4n) is 1.14. The van der Waals surface area contributed by atoms with Crippen molar-refractivity contribution in [3.63, 3.8) is 0 Å². The third kappa shape index (κ3) is 1.60. The van der Waals surface area contributed by atoms with E-state index in [1.165, 1.54) is 0 Å².